The number of carbonyl (C=O) groups excluding carboxylic acids is 1. The molecule has 1 aliphatic rings. The van der Waals surface area contributed by atoms with Gasteiger partial charge in [0.1, 0.15) is 6.10 Å². The van der Waals surface area contributed by atoms with Crippen LogP contribution in [0.3, 0.4) is 0 Å². The highest BCUT2D eigenvalue weighted by atomic mass is 16.5. The van der Waals surface area contributed by atoms with Gasteiger partial charge in [-0.05, 0) is 37.0 Å². The summed E-state index contributed by atoms with van der Waals surface area (Å²) in [5, 5.41) is 11.4. The van der Waals surface area contributed by atoms with Gasteiger partial charge in [0.05, 0.1) is 0 Å². The zero-order chi connectivity index (χ0) is 13.7. The Morgan fingerprint density at radius 3 is 2.63 bits per heavy atom. The second-order valence-corrected chi connectivity index (χ2v) is 4.58. The predicted molar refractivity (Wildman–Crippen MR) is 70.0 cm³/mol. The molecule has 1 fully saturated rings. The summed E-state index contributed by atoms with van der Waals surface area (Å²) in [6.45, 7) is 0.645. The van der Waals surface area contributed by atoms with Crippen molar-refractivity contribution in [3.63, 3.8) is 0 Å². The van der Waals surface area contributed by atoms with Crippen LogP contribution >= 0.6 is 0 Å². The van der Waals surface area contributed by atoms with Gasteiger partial charge in [0.25, 0.3) is 5.91 Å². The molecule has 1 atom stereocenters. The summed E-state index contributed by atoms with van der Waals surface area (Å²) >= 11 is 0. The third kappa shape index (κ3) is 4.06. The molecule has 0 saturated carbocycles. The fourth-order valence-electron chi connectivity index (χ4n) is 2.01. The monoisotopic (exact) mass is 263 g/mol. The van der Waals surface area contributed by atoms with Crippen molar-refractivity contribution >= 4 is 17.6 Å². The van der Waals surface area contributed by atoms with Gasteiger partial charge in [-0.25, -0.2) is 0 Å². The van der Waals surface area contributed by atoms with Crippen LogP contribution in [0.5, 0.6) is 0 Å². The zero-order valence-corrected chi connectivity index (χ0v) is 10.6. The van der Waals surface area contributed by atoms with E-state index in [-0.39, 0.29) is 18.4 Å². The minimum absolute atomic E-state index is 0.113. The van der Waals surface area contributed by atoms with Gasteiger partial charge in [-0.1, -0.05) is 12.1 Å². The highest BCUT2D eigenvalue weighted by Gasteiger charge is 2.23. The topological polar surface area (TPSA) is 75.6 Å². The largest absolute Gasteiger partial charge is 0.481 e. The van der Waals surface area contributed by atoms with Crippen LogP contribution in [0.15, 0.2) is 24.3 Å². The van der Waals surface area contributed by atoms with Gasteiger partial charge in [0, 0.05) is 18.7 Å². The molecular formula is C14H17NO4. The van der Waals surface area contributed by atoms with Crippen LogP contribution in [0.1, 0.15) is 24.8 Å². The fraction of sp³-hybridized carbons (Fsp3) is 0.429. The van der Waals surface area contributed by atoms with E-state index < -0.39 is 5.97 Å². The Bertz CT molecular complexity index is 449. The number of benzene rings is 1. The standard InChI is InChI=1S/C14H17NO4/c16-13(17)8-5-10-3-6-11(7-4-10)15-14(18)12-2-1-9-19-12/h3-4,6-7,12H,1-2,5,8-9H2,(H,15,18)(H,16,17)/t12-/m0/s1. The average molecular weight is 263 g/mol. The van der Waals surface area contributed by atoms with E-state index in [0.29, 0.717) is 18.7 Å². The number of amides is 1. The van der Waals surface area contributed by atoms with E-state index in [1.165, 1.54) is 0 Å². The van der Waals surface area contributed by atoms with Crippen molar-refractivity contribution in [2.75, 3.05) is 11.9 Å². The number of rotatable bonds is 5. The van der Waals surface area contributed by atoms with Crippen LogP contribution in [-0.2, 0) is 20.7 Å². The van der Waals surface area contributed by atoms with Crippen molar-refractivity contribution in [2.24, 2.45) is 0 Å². The first-order chi connectivity index (χ1) is 9.15. The van der Waals surface area contributed by atoms with Crippen molar-refractivity contribution in [3.05, 3.63) is 29.8 Å². The Labute approximate surface area is 111 Å². The van der Waals surface area contributed by atoms with Crippen LogP contribution in [0, 0.1) is 0 Å². The van der Waals surface area contributed by atoms with Crippen LogP contribution < -0.4 is 5.32 Å². The molecule has 1 saturated heterocycles. The van der Waals surface area contributed by atoms with Gasteiger partial charge in [0.15, 0.2) is 0 Å². The summed E-state index contributed by atoms with van der Waals surface area (Å²) < 4.78 is 5.30. The lowest BCUT2D eigenvalue weighted by atomic mass is 10.1. The summed E-state index contributed by atoms with van der Waals surface area (Å²) in [5.41, 5.74) is 1.65. The highest BCUT2D eigenvalue weighted by Crippen LogP contribution is 2.16. The molecular weight excluding hydrogens is 246 g/mol. The maximum absolute atomic E-state index is 11.8. The summed E-state index contributed by atoms with van der Waals surface area (Å²) in [6.07, 6.45) is 1.96. The van der Waals surface area contributed by atoms with Gasteiger partial charge in [-0.15, -0.1) is 0 Å². The number of anilines is 1. The van der Waals surface area contributed by atoms with E-state index in [1.807, 2.05) is 12.1 Å². The third-order valence-electron chi connectivity index (χ3n) is 3.07. The molecule has 0 bridgehead atoms. The molecule has 2 rings (SSSR count). The molecule has 1 aliphatic heterocycles. The first-order valence-corrected chi connectivity index (χ1v) is 6.38. The number of carboxylic acids is 1. The maximum atomic E-state index is 11.8. The Morgan fingerprint density at radius 2 is 2.05 bits per heavy atom. The zero-order valence-electron chi connectivity index (χ0n) is 10.6. The second kappa shape index (κ2) is 6.33. The van der Waals surface area contributed by atoms with Crippen molar-refractivity contribution in [1.29, 1.82) is 0 Å². The van der Waals surface area contributed by atoms with Gasteiger partial charge >= 0.3 is 5.97 Å². The summed E-state index contributed by atoms with van der Waals surface area (Å²) in [7, 11) is 0. The number of hydrogen-bond donors (Lipinski definition) is 2. The lowest BCUT2D eigenvalue weighted by molar-refractivity contribution is -0.137. The molecule has 102 valence electrons. The van der Waals surface area contributed by atoms with Gasteiger partial charge in [-0.3, -0.25) is 9.59 Å². The number of carbonyl (C=O) groups is 2. The molecule has 2 N–H and O–H groups in total. The minimum Gasteiger partial charge on any atom is -0.481 e. The number of ether oxygens (including phenoxy) is 1. The molecule has 1 amide bonds. The van der Waals surface area contributed by atoms with Gasteiger partial charge in [-0.2, -0.15) is 0 Å². The minimum atomic E-state index is -0.809. The molecule has 1 heterocycles. The maximum Gasteiger partial charge on any atom is 0.303 e. The van der Waals surface area contributed by atoms with Crippen LogP contribution in [0.2, 0.25) is 0 Å². The first-order valence-electron chi connectivity index (χ1n) is 6.38. The number of carboxylic acid groups (broad SMARTS) is 1. The Kier molecular flexibility index (Phi) is 4.52. The van der Waals surface area contributed by atoms with E-state index in [1.54, 1.807) is 12.1 Å². The first kappa shape index (κ1) is 13.5. The molecule has 5 nitrogen and oxygen atoms in total. The molecule has 19 heavy (non-hydrogen) atoms. The fourth-order valence-corrected chi connectivity index (χ4v) is 2.01. The molecule has 0 radical (unpaired) electrons. The Balaban J connectivity index is 1.87. The van der Waals surface area contributed by atoms with Crippen molar-refractivity contribution in [2.45, 2.75) is 31.8 Å². The molecule has 0 aromatic heterocycles. The van der Waals surface area contributed by atoms with E-state index in [9.17, 15) is 9.59 Å². The summed E-state index contributed by atoms with van der Waals surface area (Å²) in [6, 6.07) is 7.22. The molecule has 0 spiro atoms. The number of hydrogen-bond acceptors (Lipinski definition) is 3. The number of aryl methyl sites for hydroxylation is 1. The number of aliphatic carboxylic acids is 1. The second-order valence-electron chi connectivity index (χ2n) is 4.58. The van der Waals surface area contributed by atoms with Crippen LogP contribution in [0.25, 0.3) is 0 Å². The lowest BCUT2D eigenvalue weighted by Crippen LogP contribution is -2.26. The van der Waals surface area contributed by atoms with Crippen molar-refractivity contribution < 1.29 is 19.4 Å². The quantitative estimate of drug-likeness (QED) is 0.849. The van der Waals surface area contributed by atoms with E-state index in [0.717, 1.165) is 18.4 Å². The van der Waals surface area contributed by atoms with E-state index >= 15 is 0 Å². The normalized spacial score (nSPS) is 18.2. The van der Waals surface area contributed by atoms with Crippen LogP contribution in [0.4, 0.5) is 5.69 Å². The Morgan fingerprint density at radius 1 is 1.32 bits per heavy atom. The highest BCUT2D eigenvalue weighted by molar-refractivity contribution is 5.94. The molecule has 0 aliphatic carbocycles. The van der Waals surface area contributed by atoms with E-state index in [2.05, 4.69) is 5.32 Å². The van der Waals surface area contributed by atoms with Crippen LogP contribution in [-0.4, -0.2) is 29.7 Å². The lowest BCUT2D eigenvalue weighted by Gasteiger charge is -2.10. The summed E-state index contributed by atoms with van der Waals surface area (Å²) in [5.74, 6) is -0.924. The third-order valence-corrected chi connectivity index (χ3v) is 3.07. The van der Waals surface area contributed by atoms with Crippen molar-refractivity contribution in [3.8, 4) is 0 Å². The smallest absolute Gasteiger partial charge is 0.303 e. The number of nitrogens with one attached hydrogen (secondary N) is 1. The molecule has 1 aromatic rings. The molecule has 1 aromatic carbocycles. The SMILES string of the molecule is O=C(O)CCc1ccc(NC(=O)[C@@H]2CCCO2)cc1. The molecule has 5 heteroatoms. The average Bonchev–Trinajstić information content (AvgIpc) is 2.92. The summed E-state index contributed by atoms with van der Waals surface area (Å²) in [4.78, 5) is 22.3. The Hall–Kier alpha value is -1.88. The van der Waals surface area contributed by atoms with Gasteiger partial charge in [0.2, 0.25) is 0 Å². The van der Waals surface area contributed by atoms with Gasteiger partial charge < -0.3 is 15.2 Å². The molecule has 0 unspecified atom stereocenters. The predicted octanol–water partition coefficient (Wildman–Crippen LogP) is 1.82. The van der Waals surface area contributed by atoms with Crippen molar-refractivity contribution in [1.82, 2.24) is 0 Å². The van der Waals surface area contributed by atoms with E-state index in [4.69, 9.17) is 9.84 Å².